The van der Waals surface area contributed by atoms with Crippen molar-refractivity contribution in [1.82, 2.24) is 24.6 Å². The Balaban J connectivity index is 1.43. The topological polar surface area (TPSA) is 99.3 Å². The van der Waals surface area contributed by atoms with Crippen LogP contribution in [-0.4, -0.2) is 64.1 Å². The van der Waals surface area contributed by atoms with E-state index < -0.39 is 15.8 Å². The molecule has 148 valence electrons. The van der Waals surface area contributed by atoms with E-state index in [-0.39, 0.29) is 45.4 Å². The second-order valence-corrected chi connectivity index (χ2v) is 9.73. The van der Waals surface area contributed by atoms with Crippen molar-refractivity contribution in [3.8, 4) is 0 Å². The van der Waals surface area contributed by atoms with E-state index in [0.29, 0.717) is 13.1 Å². The van der Waals surface area contributed by atoms with Crippen LogP contribution in [0.3, 0.4) is 0 Å². The Kier molecular flexibility index (Phi) is 4.01. The fourth-order valence-corrected chi connectivity index (χ4v) is 7.54. The zero-order valence-corrected chi connectivity index (χ0v) is 16.2. The molecule has 1 amide bonds. The van der Waals surface area contributed by atoms with Crippen molar-refractivity contribution in [3.63, 3.8) is 0 Å². The van der Waals surface area contributed by atoms with Gasteiger partial charge in [-0.15, -0.1) is 0 Å². The molecule has 0 radical (unpaired) electrons. The molecule has 0 spiro atoms. The zero-order chi connectivity index (χ0) is 19.6. The van der Waals surface area contributed by atoms with Gasteiger partial charge in [-0.05, 0) is 42.9 Å². The molecule has 2 aromatic rings. The van der Waals surface area contributed by atoms with Gasteiger partial charge in [0.05, 0.1) is 11.2 Å². The van der Waals surface area contributed by atoms with E-state index in [2.05, 4.69) is 15.4 Å². The Labute approximate surface area is 165 Å². The summed E-state index contributed by atoms with van der Waals surface area (Å²) in [5.74, 6) is -0.738. The van der Waals surface area contributed by atoms with Crippen molar-refractivity contribution in [1.29, 1.82) is 0 Å². The monoisotopic (exact) mass is 425 g/mol. The molecule has 3 aliphatic heterocycles. The Bertz CT molecular complexity index is 1030. The maximum atomic E-state index is 13.7. The first-order valence-corrected chi connectivity index (χ1v) is 10.8. The molecule has 4 heterocycles. The number of fused-ring (bicyclic) bond motifs is 5. The molecule has 3 saturated heterocycles. The average molecular weight is 426 g/mol. The summed E-state index contributed by atoms with van der Waals surface area (Å²) >= 11 is 6.08. The maximum Gasteiger partial charge on any atom is 0.276 e. The summed E-state index contributed by atoms with van der Waals surface area (Å²) < 4.78 is 41.7. The molecule has 0 saturated carbocycles. The largest absolute Gasteiger partial charge is 0.336 e. The van der Waals surface area contributed by atoms with Crippen LogP contribution < -0.4 is 0 Å². The van der Waals surface area contributed by atoms with Crippen LogP contribution >= 0.6 is 11.6 Å². The molecule has 0 aliphatic carbocycles. The van der Waals surface area contributed by atoms with E-state index in [1.54, 1.807) is 4.90 Å². The van der Waals surface area contributed by atoms with E-state index >= 15 is 0 Å². The number of likely N-dealkylation sites (tertiary alicyclic amines) is 1. The average Bonchev–Trinajstić information content (AvgIpc) is 3.43. The quantitative estimate of drug-likeness (QED) is 0.803. The number of amides is 1. The lowest BCUT2D eigenvalue weighted by molar-refractivity contribution is 0.0767. The normalized spacial score (nSPS) is 29.4. The zero-order valence-electron chi connectivity index (χ0n) is 14.6. The molecule has 8 nitrogen and oxygen atoms in total. The first-order valence-electron chi connectivity index (χ1n) is 9.01. The molecule has 3 aliphatic rings. The van der Waals surface area contributed by atoms with E-state index in [9.17, 15) is 17.6 Å². The van der Waals surface area contributed by atoms with Crippen LogP contribution in [0.1, 0.15) is 23.3 Å². The minimum absolute atomic E-state index is 0.0145. The van der Waals surface area contributed by atoms with Crippen molar-refractivity contribution in [2.75, 3.05) is 13.1 Å². The molecule has 1 aromatic carbocycles. The molecule has 2 bridgehead atoms. The van der Waals surface area contributed by atoms with Crippen LogP contribution in [0.5, 0.6) is 0 Å². The molecule has 4 atom stereocenters. The molecule has 0 unspecified atom stereocenters. The molecule has 1 aromatic heterocycles. The number of aromatic amines is 1. The van der Waals surface area contributed by atoms with E-state index in [4.69, 9.17) is 11.6 Å². The van der Waals surface area contributed by atoms with Crippen LogP contribution in [0.15, 0.2) is 29.3 Å². The number of rotatable bonds is 3. The van der Waals surface area contributed by atoms with Gasteiger partial charge in [0.2, 0.25) is 10.0 Å². The van der Waals surface area contributed by atoms with Gasteiger partial charge < -0.3 is 4.90 Å². The predicted octanol–water partition coefficient (Wildman–Crippen LogP) is 1.52. The number of aromatic nitrogens is 3. The minimum atomic E-state index is -3.92. The van der Waals surface area contributed by atoms with Crippen LogP contribution in [0, 0.1) is 17.7 Å². The Morgan fingerprint density at radius 1 is 1.21 bits per heavy atom. The molecule has 1 N–H and O–H groups in total. The van der Waals surface area contributed by atoms with E-state index in [1.165, 1.54) is 16.6 Å². The summed E-state index contributed by atoms with van der Waals surface area (Å²) in [5.41, 5.74) is 0.253. The summed E-state index contributed by atoms with van der Waals surface area (Å²) in [7, 11) is -3.92. The number of nitrogens with one attached hydrogen (secondary N) is 1. The first-order chi connectivity index (χ1) is 13.4. The number of H-pyrrole nitrogens is 1. The summed E-state index contributed by atoms with van der Waals surface area (Å²) in [4.78, 5) is 14.1. The smallest absolute Gasteiger partial charge is 0.276 e. The highest BCUT2D eigenvalue weighted by molar-refractivity contribution is 7.89. The van der Waals surface area contributed by atoms with Gasteiger partial charge in [-0.25, -0.2) is 12.8 Å². The third-order valence-electron chi connectivity index (χ3n) is 6.18. The van der Waals surface area contributed by atoms with Crippen molar-refractivity contribution in [3.05, 3.63) is 40.9 Å². The lowest BCUT2D eigenvalue weighted by Crippen LogP contribution is -2.41. The number of sulfonamides is 1. The van der Waals surface area contributed by atoms with Crippen LogP contribution in [-0.2, 0) is 10.0 Å². The van der Waals surface area contributed by atoms with Gasteiger partial charge in [0, 0.05) is 25.2 Å². The van der Waals surface area contributed by atoms with Gasteiger partial charge in [0.15, 0.2) is 5.69 Å². The lowest BCUT2D eigenvalue weighted by Gasteiger charge is -2.26. The number of benzene rings is 1. The highest BCUT2D eigenvalue weighted by Crippen LogP contribution is 2.52. The predicted molar refractivity (Wildman–Crippen MR) is 96.5 cm³/mol. The number of carbonyl (C=O) groups is 1. The van der Waals surface area contributed by atoms with Crippen LogP contribution in [0.2, 0.25) is 5.02 Å². The number of nitrogens with zero attached hydrogens (tertiary/aromatic N) is 4. The first kappa shape index (κ1) is 18.0. The van der Waals surface area contributed by atoms with Gasteiger partial charge in [-0.2, -0.15) is 19.7 Å². The molecular formula is C17H17ClFN5O3S. The Morgan fingerprint density at radius 3 is 2.50 bits per heavy atom. The second kappa shape index (κ2) is 6.23. The molecular weight excluding hydrogens is 409 g/mol. The molecule has 3 fully saturated rings. The summed E-state index contributed by atoms with van der Waals surface area (Å²) in [6.45, 7) is 0.945. The molecule has 11 heteroatoms. The SMILES string of the molecule is O=C(c1cn[nH]n1)N1C[C@@H]2[C@H](C1)[C@H]1CC[C@@H]2N1S(=O)(=O)c1cc(F)ccc1Cl. The highest BCUT2D eigenvalue weighted by atomic mass is 35.5. The van der Waals surface area contributed by atoms with Gasteiger partial charge in [0.25, 0.3) is 5.91 Å². The van der Waals surface area contributed by atoms with Crippen LogP contribution in [0.4, 0.5) is 4.39 Å². The third-order valence-corrected chi connectivity index (χ3v) is 8.61. The standard InChI is InChI=1S/C17H17ClFN5O3S/c18-12-2-1-9(19)5-16(12)28(26,27)24-14-3-4-15(24)11-8-23(7-10(11)14)17(25)13-6-20-22-21-13/h1-2,5-6,10-11,14-15H,3-4,7-8H2,(H,20,21,22)/t10-,11+,14+,15-. The summed E-state index contributed by atoms with van der Waals surface area (Å²) in [6, 6.07) is 2.96. The van der Waals surface area contributed by atoms with E-state index in [0.717, 1.165) is 25.0 Å². The lowest BCUT2D eigenvalue weighted by atomic mass is 9.82. The second-order valence-electron chi connectivity index (χ2n) is 7.51. The molecule has 28 heavy (non-hydrogen) atoms. The molecule has 5 rings (SSSR count). The van der Waals surface area contributed by atoms with Crippen molar-refractivity contribution in [2.45, 2.75) is 29.8 Å². The minimum Gasteiger partial charge on any atom is -0.336 e. The van der Waals surface area contributed by atoms with Gasteiger partial charge in [0.1, 0.15) is 10.7 Å². The van der Waals surface area contributed by atoms with Crippen LogP contribution in [0.25, 0.3) is 0 Å². The fraction of sp³-hybridized carbons (Fsp3) is 0.471. The third kappa shape index (κ3) is 2.51. The Morgan fingerprint density at radius 2 is 1.89 bits per heavy atom. The number of halogens is 2. The van der Waals surface area contributed by atoms with Gasteiger partial charge in [-0.3, -0.25) is 4.79 Å². The summed E-state index contributed by atoms with van der Waals surface area (Å²) in [5, 5.41) is 9.95. The fourth-order valence-electron chi connectivity index (χ4n) is 5.09. The van der Waals surface area contributed by atoms with E-state index in [1.807, 2.05) is 0 Å². The number of hydrogen-bond donors (Lipinski definition) is 1. The van der Waals surface area contributed by atoms with Gasteiger partial charge in [-0.1, -0.05) is 11.6 Å². The van der Waals surface area contributed by atoms with Crippen molar-refractivity contribution < 1.29 is 17.6 Å². The summed E-state index contributed by atoms with van der Waals surface area (Å²) in [6.07, 6.45) is 2.84. The Hall–Kier alpha value is -2.04. The van der Waals surface area contributed by atoms with Crippen molar-refractivity contribution >= 4 is 27.5 Å². The maximum absolute atomic E-state index is 13.7. The number of hydrogen-bond acceptors (Lipinski definition) is 5. The highest BCUT2D eigenvalue weighted by Gasteiger charge is 2.61. The van der Waals surface area contributed by atoms with Crippen molar-refractivity contribution in [2.24, 2.45) is 11.8 Å². The number of carbonyl (C=O) groups excluding carboxylic acids is 1. The van der Waals surface area contributed by atoms with Gasteiger partial charge >= 0.3 is 0 Å².